The summed E-state index contributed by atoms with van der Waals surface area (Å²) in [5, 5.41) is 23.4. The van der Waals surface area contributed by atoms with Gasteiger partial charge in [0.05, 0.1) is 22.3 Å². The highest BCUT2D eigenvalue weighted by Crippen LogP contribution is 2.36. The van der Waals surface area contributed by atoms with Crippen molar-refractivity contribution in [3.63, 3.8) is 0 Å². The molecule has 0 fully saturated rings. The van der Waals surface area contributed by atoms with Crippen molar-refractivity contribution in [1.82, 2.24) is 0 Å². The Balaban J connectivity index is 1.54. The first-order chi connectivity index (χ1) is 19.6. The number of ether oxygens (including phenoxy) is 1. The summed E-state index contributed by atoms with van der Waals surface area (Å²) in [5.41, 5.74) is 11.7. The van der Waals surface area contributed by atoms with Crippen LogP contribution in [-0.4, -0.2) is 34.1 Å². The molecule has 6 rings (SSSR count). The normalized spacial score (nSPS) is 11.2. The fraction of sp³-hybridized carbons (Fsp3) is 0. The maximum absolute atomic E-state index is 13.5. The third-order valence-electron chi connectivity index (χ3n) is 7.05. The van der Waals surface area contributed by atoms with Crippen LogP contribution in [-0.2, 0) is 4.74 Å². The Kier molecular flexibility index (Phi) is 5.78. The van der Waals surface area contributed by atoms with Gasteiger partial charge in [0.15, 0.2) is 0 Å². The molecule has 41 heavy (non-hydrogen) atoms. The molecule has 0 unspecified atom stereocenters. The number of anilines is 2. The Labute approximate surface area is 231 Å². The first kappa shape index (κ1) is 25.3. The van der Waals surface area contributed by atoms with E-state index in [0.717, 1.165) is 0 Å². The van der Waals surface area contributed by atoms with Gasteiger partial charge in [0, 0.05) is 22.1 Å². The van der Waals surface area contributed by atoms with Crippen molar-refractivity contribution in [3.05, 3.63) is 107 Å². The van der Waals surface area contributed by atoms with Crippen LogP contribution < -0.4 is 11.5 Å². The Hall–Kier alpha value is -5.96. The zero-order chi connectivity index (χ0) is 29.0. The molecule has 6 aromatic rings. The standard InChI is InChI=1S/C32H20N2O7/c33-17-11-21-19-7-3-1-5-15(19)9-23(29(35)36)27(21)25(13-17)31(39)41-32(40)26-14-18(34)12-22-20-8-4-2-6-16(20)10-24(28(22)26)30(37)38/h1-14H,33-34H2,(H,35,36)(H,37,38). The first-order valence-electron chi connectivity index (χ1n) is 12.4. The summed E-state index contributed by atoms with van der Waals surface area (Å²) in [4.78, 5) is 51.5. The van der Waals surface area contributed by atoms with Crippen molar-refractivity contribution in [2.75, 3.05) is 11.5 Å². The van der Waals surface area contributed by atoms with E-state index in [2.05, 4.69) is 0 Å². The SMILES string of the molecule is Nc1cc(C(=O)OC(=O)c2cc(N)cc3c2c(C(=O)O)cc2ccccc23)c2c(C(=O)O)cc3ccccc3c2c1. The molecule has 0 bridgehead atoms. The van der Waals surface area contributed by atoms with Crippen molar-refractivity contribution in [3.8, 4) is 0 Å². The summed E-state index contributed by atoms with van der Waals surface area (Å²) in [7, 11) is 0. The molecular formula is C32H20N2O7. The quantitative estimate of drug-likeness (QED) is 0.0919. The smallest absolute Gasteiger partial charge is 0.346 e. The molecule has 0 aromatic heterocycles. The minimum Gasteiger partial charge on any atom is -0.478 e. The number of hydrogen-bond donors (Lipinski definition) is 4. The molecule has 9 nitrogen and oxygen atoms in total. The molecule has 0 heterocycles. The van der Waals surface area contributed by atoms with Crippen LogP contribution >= 0.6 is 0 Å². The molecular weight excluding hydrogens is 524 g/mol. The number of benzene rings is 6. The number of carbonyl (C=O) groups is 4. The van der Waals surface area contributed by atoms with Gasteiger partial charge in [-0.15, -0.1) is 0 Å². The van der Waals surface area contributed by atoms with Crippen molar-refractivity contribution in [1.29, 1.82) is 0 Å². The minimum absolute atomic E-state index is 0.0536. The molecule has 0 saturated heterocycles. The number of rotatable bonds is 4. The molecule has 9 heteroatoms. The van der Waals surface area contributed by atoms with E-state index in [0.29, 0.717) is 32.3 Å². The summed E-state index contributed by atoms with van der Waals surface area (Å²) in [6, 6.07) is 22.5. The van der Waals surface area contributed by atoms with Crippen LogP contribution in [0, 0.1) is 0 Å². The van der Waals surface area contributed by atoms with E-state index < -0.39 is 23.9 Å². The fourth-order valence-corrected chi connectivity index (χ4v) is 5.38. The van der Waals surface area contributed by atoms with E-state index in [-0.39, 0.29) is 44.4 Å². The average molecular weight is 545 g/mol. The van der Waals surface area contributed by atoms with Gasteiger partial charge < -0.3 is 26.4 Å². The van der Waals surface area contributed by atoms with Gasteiger partial charge in [-0.3, -0.25) is 0 Å². The average Bonchev–Trinajstić information content (AvgIpc) is 2.95. The number of aromatic carboxylic acids is 2. The molecule has 6 aromatic carbocycles. The van der Waals surface area contributed by atoms with E-state index in [1.807, 2.05) is 0 Å². The Bertz CT molecular complexity index is 2000. The van der Waals surface area contributed by atoms with E-state index in [4.69, 9.17) is 16.2 Å². The lowest BCUT2D eigenvalue weighted by Crippen LogP contribution is -2.16. The van der Waals surface area contributed by atoms with Crippen LogP contribution in [0.1, 0.15) is 41.4 Å². The highest BCUT2D eigenvalue weighted by Gasteiger charge is 2.26. The van der Waals surface area contributed by atoms with Gasteiger partial charge in [-0.2, -0.15) is 0 Å². The monoisotopic (exact) mass is 544 g/mol. The molecule has 200 valence electrons. The predicted molar refractivity (Wildman–Crippen MR) is 155 cm³/mol. The number of fused-ring (bicyclic) bond motifs is 6. The van der Waals surface area contributed by atoms with Crippen molar-refractivity contribution in [2.45, 2.75) is 0 Å². The fourth-order valence-electron chi connectivity index (χ4n) is 5.38. The summed E-state index contributed by atoms with van der Waals surface area (Å²) in [6.45, 7) is 0. The molecule has 0 aliphatic heterocycles. The lowest BCUT2D eigenvalue weighted by atomic mass is 9.92. The molecule has 6 N–H and O–H groups in total. The van der Waals surface area contributed by atoms with Crippen LogP contribution in [0.2, 0.25) is 0 Å². The summed E-state index contributed by atoms with van der Waals surface area (Å²) in [5.74, 6) is -4.88. The molecule has 0 aliphatic carbocycles. The number of carbonyl (C=O) groups excluding carboxylic acids is 2. The number of nitrogen functional groups attached to an aromatic ring is 2. The number of nitrogens with two attached hydrogens (primary N) is 2. The Morgan fingerprint density at radius 2 is 0.902 bits per heavy atom. The molecule has 0 saturated carbocycles. The van der Waals surface area contributed by atoms with E-state index in [9.17, 15) is 29.4 Å². The second-order valence-electron chi connectivity index (χ2n) is 9.56. The van der Waals surface area contributed by atoms with Gasteiger partial charge in [-0.1, -0.05) is 48.5 Å². The molecule has 0 spiro atoms. The summed E-state index contributed by atoms with van der Waals surface area (Å²) < 4.78 is 5.27. The van der Waals surface area contributed by atoms with Crippen LogP contribution in [0.15, 0.2) is 84.9 Å². The van der Waals surface area contributed by atoms with Gasteiger partial charge in [0.25, 0.3) is 0 Å². The van der Waals surface area contributed by atoms with Crippen LogP contribution in [0.5, 0.6) is 0 Å². The number of hydrogen-bond acceptors (Lipinski definition) is 7. The highest BCUT2D eigenvalue weighted by atomic mass is 16.6. The molecule has 0 aliphatic rings. The number of carboxylic acids is 2. The van der Waals surface area contributed by atoms with Crippen molar-refractivity contribution < 1.29 is 34.1 Å². The van der Waals surface area contributed by atoms with Crippen LogP contribution in [0.4, 0.5) is 11.4 Å². The zero-order valence-corrected chi connectivity index (χ0v) is 21.2. The van der Waals surface area contributed by atoms with E-state index in [1.165, 1.54) is 24.3 Å². The third-order valence-corrected chi connectivity index (χ3v) is 7.05. The summed E-state index contributed by atoms with van der Waals surface area (Å²) >= 11 is 0. The van der Waals surface area contributed by atoms with E-state index in [1.54, 1.807) is 60.7 Å². The van der Waals surface area contributed by atoms with Crippen molar-refractivity contribution in [2.24, 2.45) is 0 Å². The van der Waals surface area contributed by atoms with Gasteiger partial charge in [-0.05, 0) is 68.7 Å². The highest BCUT2D eigenvalue weighted by molar-refractivity contribution is 6.25. The number of carboxylic acid groups (broad SMARTS) is 2. The molecule has 0 radical (unpaired) electrons. The van der Waals surface area contributed by atoms with E-state index >= 15 is 0 Å². The second kappa shape index (κ2) is 9.35. The largest absolute Gasteiger partial charge is 0.478 e. The number of esters is 2. The van der Waals surface area contributed by atoms with Crippen LogP contribution in [0.25, 0.3) is 43.1 Å². The van der Waals surface area contributed by atoms with Crippen molar-refractivity contribution >= 4 is 78.3 Å². The third kappa shape index (κ3) is 4.12. The lowest BCUT2D eigenvalue weighted by Gasteiger charge is -2.15. The minimum atomic E-state index is -1.29. The maximum Gasteiger partial charge on any atom is 0.346 e. The zero-order valence-electron chi connectivity index (χ0n) is 21.2. The van der Waals surface area contributed by atoms with Gasteiger partial charge in [0.1, 0.15) is 0 Å². The summed E-state index contributed by atoms with van der Waals surface area (Å²) in [6.07, 6.45) is 0. The van der Waals surface area contributed by atoms with Crippen LogP contribution in [0.3, 0.4) is 0 Å². The first-order valence-corrected chi connectivity index (χ1v) is 12.4. The van der Waals surface area contributed by atoms with Gasteiger partial charge in [-0.25, -0.2) is 19.2 Å². The Morgan fingerprint density at radius 1 is 0.512 bits per heavy atom. The second-order valence-corrected chi connectivity index (χ2v) is 9.56. The molecule has 0 atom stereocenters. The van der Waals surface area contributed by atoms with Gasteiger partial charge >= 0.3 is 23.9 Å². The predicted octanol–water partition coefficient (Wildman–Crippen LogP) is 5.86. The van der Waals surface area contributed by atoms with Gasteiger partial charge in [0.2, 0.25) is 0 Å². The lowest BCUT2D eigenvalue weighted by molar-refractivity contribution is 0.0400. The molecule has 0 amide bonds. The Morgan fingerprint density at radius 3 is 1.29 bits per heavy atom. The topological polar surface area (TPSA) is 170 Å². The maximum atomic E-state index is 13.5.